The number of likely N-dealkylation sites (N-methyl/N-ethyl adjacent to an activating group) is 1. The lowest BCUT2D eigenvalue weighted by atomic mass is 9.86. The summed E-state index contributed by atoms with van der Waals surface area (Å²) in [6.45, 7) is 8.02. The quantitative estimate of drug-likeness (QED) is 0.801. The van der Waals surface area contributed by atoms with Crippen molar-refractivity contribution >= 4 is 5.91 Å². The number of nitrogens with zero attached hydrogens (tertiary/aromatic N) is 3. The Bertz CT molecular complexity index is 393. The van der Waals surface area contributed by atoms with Gasteiger partial charge in [-0.1, -0.05) is 20.8 Å². The predicted octanol–water partition coefficient (Wildman–Crippen LogP) is 0.445. The highest BCUT2D eigenvalue weighted by Crippen LogP contribution is 2.19. The molecule has 1 aromatic heterocycles. The van der Waals surface area contributed by atoms with Crippen molar-refractivity contribution in [2.45, 2.75) is 40.3 Å². The molecule has 96 valence electrons. The van der Waals surface area contributed by atoms with E-state index in [-0.39, 0.29) is 11.3 Å². The molecule has 0 aromatic carbocycles. The minimum atomic E-state index is -0.521. The number of hydrogen-bond donors (Lipinski definition) is 2. The van der Waals surface area contributed by atoms with Crippen LogP contribution in [0, 0.1) is 12.3 Å². The monoisotopic (exact) mass is 239 g/mol. The van der Waals surface area contributed by atoms with E-state index in [1.165, 1.54) is 0 Å². The third kappa shape index (κ3) is 3.52. The third-order valence-electron chi connectivity index (χ3n) is 2.60. The zero-order valence-corrected chi connectivity index (χ0v) is 11.1. The Kier molecular flexibility index (Phi) is 3.87. The number of H-pyrrole nitrogens is 1. The number of aryl methyl sites for hydroxylation is 1. The molecule has 0 radical (unpaired) electrons. The number of nitrogens with two attached hydrogens (primary N) is 1. The minimum Gasteiger partial charge on any atom is -0.337 e. The first kappa shape index (κ1) is 13.6. The van der Waals surface area contributed by atoms with Crippen molar-refractivity contribution < 1.29 is 4.79 Å². The van der Waals surface area contributed by atoms with Gasteiger partial charge in [0.25, 0.3) is 0 Å². The van der Waals surface area contributed by atoms with Crippen molar-refractivity contribution in [2.24, 2.45) is 11.1 Å². The van der Waals surface area contributed by atoms with Gasteiger partial charge >= 0.3 is 0 Å². The van der Waals surface area contributed by atoms with E-state index in [1.807, 2.05) is 27.7 Å². The molecule has 1 rings (SSSR count). The van der Waals surface area contributed by atoms with Crippen LogP contribution in [0.5, 0.6) is 0 Å². The molecule has 3 N–H and O–H groups in total. The van der Waals surface area contributed by atoms with Crippen LogP contribution in [-0.2, 0) is 11.3 Å². The van der Waals surface area contributed by atoms with Gasteiger partial charge in [0.05, 0.1) is 12.6 Å². The molecule has 0 fully saturated rings. The number of aromatic amines is 1. The molecule has 6 heteroatoms. The molecule has 1 aromatic rings. The first-order valence-electron chi connectivity index (χ1n) is 5.60. The highest BCUT2D eigenvalue weighted by molar-refractivity contribution is 5.82. The van der Waals surface area contributed by atoms with Crippen LogP contribution in [0.3, 0.4) is 0 Å². The van der Waals surface area contributed by atoms with Crippen LogP contribution in [0.1, 0.15) is 32.4 Å². The van der Waals surface area contributed by atoms with Crippen molar-refractivity contribution in [3.05, 3.63) is 11.6 Å². The Morgan fingerprint density at radius 2 is 2.12 bits per heavy atom. The summed E-state index contributed by atoms with van der Waals surface area (Å²) in [5.41, 5.74) is 5.66. The van der Waals surface area contributed by atoms with E-state index in [4.69, 9.17) is 5.73 Å². The largest absolute Gasteiger partial charge is 0.337 e. The molecule has 0 aliphatic heterocycles. The second-order valence-corrected chi connectivity index (χ2v) is 5.38. The maximum absolute atomic E-state index is 12.0. The second kappa shape index (κ2) is 4.83. The van der Waals surface area contributed by atoms with Crippen LogP contribution in [0.25, 0.3) is 0 Å². The van der Waals surface area contributed by atoms with Crippen molar-refractivity contribution in [1.82, 2.24) is 20.1 Å². The second-order valence-electron chi connectivity index (χ2n) is 5.38. The molecule has 0 aliphatic carbocycles. The lowest BCUT2D eigenvalue weighted by Crippen LogP contribution is -2.49. The van der Waals surface area contributed by atoms with Gasteiger partial charge in [-0.25, -0.2) is 4.98 Å². The molecule has 0 saturated carbocycles. The molecule has 1 atom stereocenters. The van der Waals surface area contributed by atoms with Crippen molar-refractivity contribution in [2.75, 3.05) is 7.05 Å². The number of nitrogens with one attached hydrogen (secondary N) is 1. The smallest absolute Gasteiger partial charge is 0.240 e. The predicted molar refractivity (Wildman–Crippen MR) is 65.0 cm³/mol. The number of carbonyl (C=O) groups is 1. The zero-order valence-electron chi connectivity index (χ0n) is 11.1. The summed E-state index contributed by atoms with van der Waals surface area (Å²) >= 11 is 0. The van der Waals surface area contributed by atoms with Crippen LogP contribution in [-0.4, -0.2) is 39.1 Å². The maximum Gasteiger partial charge on any atom is 0.240 e. The van der Waals surface area contributed by atoms with Crippen LogP contribution in [0.15, 0.2) is 0 Å². The Morgan fingerprint density at radius 1 is 1.53 bits per heavy atom. The fraction of sp³-hybridized carbons (Fsp3) is 0.727. The summed E-state index contributed by atoms with van der Waals surface area (Å²) in [5, 5.41) is 6.73. The maximum atomic E-state index is 12.0. The normalized spacial score (nSPS) is 13.5. The molecule has 0 spiro atoms. The molecule has 0 bridgehead atoms. The first-order valence-corrected chi connectivity index (χ1v) is 5.60. The highest BCUT2D eigenvalue weighted by atomic mass is 16.2. The van der Waals surface area contributed by atoms with Crippen LogP contribution < -0.4 is 5.73 Å². The van der Waals surface area contributed by atoms with Gasteiger partial charge in [0, 0.05) is 7.05 Å². The van der Waals surface area contributed by atoms with Crippen molar-refractivity contribution in [3.8, 4) is 0 Å². The standard InChI is InChI=1S/C11H21N5O/c1-7-13-8(15-14-7)6-16(5)10(17)9(12)11(2,3)4/h9H,6,12H2,1-5H3,(H,13,14,15). The van der Waals surface area contributed by atoms with E-state index < -0.39 is 6.04 Å². The molecule has 0 saturated heterocycles. The Morgan fingerprint density at radius 3 is 2.53 bits per heavy atom. The molecule has 6 nitrogen and oxygen atoms in total. The summed E-state index contributed by atoms with van der Waals surface area (Å²) in [6.07, 6.45) is 0. The van der Waals surface area contributed by atoms with Gasteiger partial charge in [-0.3, -0.25) is 9.89 Å². The summed E-state index contributed by atoms with van der Waals surface area (Å²) in [5.74, 6) is 1.24. The number of carbonyl (C=O) groups excluding carboxylic acids is 1. The van der Waals surface area contributed by atoms with Gasteiger partial charge in [-0.15, -0.1) is 0 Å². The lowest BCUT2D eigenvalue weighted by molar-refractivity contribution is -0.134. The van der Waals surface area contributed by atoms with Crippen LogP contribution in [0.2, 0.25) is 0 Å². The van der Waals surface area contributed by atoms with Gasteiger partial charge in [0.2, 0.25) is 5.91 Å². The number of amides is 1. The van der Waals surface area contributed by atoms with E-state index >= 15 is 0 Å². The molecule has 0 aliphatic rings. The summed E-state index contributed by atoms with van der Waals surface area (Å²) in [6, 6.07) is -0.521. The van der Waals surface area contributed by atoms with Gasteiger partial charge in [0.1, 0.15) is 5.82 Å². The lowest BCUT2D eigenvalue weighted by Gasteiger charge is -2.29. The Balaban J connectivity index is 2.65. The first-order chi connectivity index (χ1) is 7.71. The zero-order chi connectivity index (χ0) is 13.2. The molecule has 1 unspecified atom stereocenters. The molecule has 1 heterocycles. The molecule has 17 heavy (non-hydrogen) atoms. The summed E-state index contributed by atoms with van der Waals surface area (Å²) < 4.78 is 0. The van der Waals surface area contributed by atoms with Gasteiger partial charge in [-0.05, 0) is 12.3 Å². The molecular formula is C11H21N5O. The van der Waals surface area contributed by atoms with E-state index in [1.54, 1.807) is 11.9 Å². The van der Waals surface area contributed by atoms with Gasteiger partial charge < -0.3 is 10.6 Å². The molecular weight excluding hydrogens is 218 g/mol. The average molecular weight is 239 g/mol. The van der Waals surface area contributed by atoms with Gasteiger partial charge in [-0.2, -0.15) is 5.10 Å². The van der Waals surface area contributed by atoms with E-state index in [2.05, 4.69) is 15.2 Å². The number of aromatic nitrogens is 3. The van der Waals surface area contributed by atoms with E-state index in [0.29, 0.717) is 12.4 Å². The Labute approximate surface area is 102 Å². The van der Waals surface area contributed by atoms with E-state index in [0.717, 1.165) is 5.82 Å². The van der Waals surface area contributed by atoms with Crippen molar-refractivity contribution in [1.29, 1.82) is 0 Å². The number of rotatable bonds is 3. The topological polar surface area (TPSA) is 87.9 Å². The van der Waals surface area contributed by atoms with Crippen LogP contribution in [0.4, 0.5) is 0 Å². The SMILES string of the molecule is Cc1nc(CN(C)C(=O)C(N)C(C)(C)C)n[nH]1. The number of hydrogen-bond acceptors (Lipinski definition) is 4. The van der Waals surface area contributed by atoms with E-state index in [9.17, 15) is 4.79 Å². The summed E-state index contributed by atoms with van der Waals surface area (Å²) in [4.78, 5) is 17.7. The Hall–Kier alpha value is -1.43. The molecule has 1 amide bonds. The fourth-order valence-electron chi connectivity index (χ4n) is 1.36. The fourth-order valence-corrected chi connectivity index (χ4v) is 1.36. The van der Waals surface area contributed by atoms with Crippen LogP contribution >= 0.6 is 0 Å². The highest BCUT2D eigenvalue weighted by Gasteiger charge is 2.29. The average Bonchev–Trinajstić information content (AvgIpc) is 2.60. The third-order valence-corrected chi connectivity index (χ3v) is 2.60. The minimum absolute atomic E-state index is 0.0973. The van der Waals surface area contributed by atoms with Gasteiger partial charge in [0.15, 0.2) is 5.82 Å². The summed E-state index contributed by atoms with van der Waals surface area (Å²) in [7, 11) is 1.71. The van der Waals surface area contributed by atoms with Crippen molar-refractivity contribution in [3.63, 3.8) is 0 Å².